The lowest BCUT2D eigenvalue weighted by molar-refractivity contribution is -0.132. The molecule has 0 aromatic heterocycles. The van der Waals surface area contributed by atoms with Gasteiger partial charge in [-0.1, -0.05) is 12.8 Å². The summed E-state index contributed by atoms with van der Waals surface area (Å²) in [6.07, 6.45) is 7.33. The van der Waals surface area contributed by atoms with Crippen molar-refractivity contribution >= 4 is 5.91 Å². The summed E-state index contributed by atoms with van der Waals surface area (Å²) in [5, 5.41) is 0. The third kappa shape index (κ3) is 3.95. The minimum atomic E-state index is 0.328. The number of rotatable bonds is 3. The lowest BCUT2D eigenvalue weighted by atomic mass is 9.98. The molecular formula is C14H27N3O. The van der Waals surface area contributed by atoms with E-state index in [-0.39, 0.29) is 0 Å². The summed E-state index contributed by atoms with van der Waals surface area (Å²) in [5.41, 5.74) is 5.74. The van der Waals surface area contributed by atoms with Crippen LogP contribution < -0.4 is 5.73 Å². The molecule has 1 atom stereocenters. The molecule has 0 spiro atoms. The van der Waals surface area contributed by atoms with Crippen LogP contribution in [0, 0.1) is 5.92 Å². The number of piperidine rings is 1. The van der Waals surface area contributed by atoms with Crippen molar-refractivity contribution in [1.82, 2.24) is 9.80 Å². The highest BCUT2D eigenvalue weighted by Gasteiger charge is 2.23. The van der Waals surface area contributed by atoms with E-state index in [1.807, 2.05) is 0 Å². The first kappa shape index (κ1) is 13.8. The maximum Gasteiger partial charge on any atom is 0.236 e. The number of nitrogens with two attached hydrogens (primary N) is 1. The molecule has 104 valence electrons. The fourth-order valence-corrected chi connectivity index (χ4v) is 3.10. The zero-order valence-electron chi connectivity index (χ0n) is 11.4. The van der Waals surface area contributed by atoms with Gasteiger partial charge in [0, 0.05) is 19.6 Å². The highest BCUT2D eigenvalue weighted by Crippen LogP contribution is 2.16. The van der Waals surface area contributed by atoms with Crippen LogP contribution >= 0.6 is 0 Å². The molecule has 2 saturated heterocycles. The second kappa shape index (κ2) is 7.10. The summed E-state index contributed by atoms with van der Waals surface area (Å²) in [6, 6.07) is 0. The van der Waals surface area contributed by atoms with Gasteiger partial charge in [0.15, 0.2) is 0 Å². The summed E-state index contributed by atoms with van der Waals surface area (Å²) in [7, 11) is 0. The second-order valence-electron chi connectivity index (χ2n) is 5.77. The molecular weight excluding hydrogens is 226 g/mol. The summed E-state index contributed by atoms with van der Waals surface area (Å²) < 4.78 is 0. The second-order valence-corrected chi connectivity index (χ2v) is 5.77. The van der Waals surface area contributed by atoms with Crippen molar-refractivity contribution in [3.63, 3.8) is 0 Å². The molecule has 1 unspecified atom stereocenters. The van der Waals surface area contributed by atoms with E-state index in [1.54, 1.807) is 0 Å². The lowest BCUT2D eigenvalue weighted by Gasteiger charge is -2.33. The Bertz CT molecular complexity index is 262. The minimum absolute atomic E-state index is 0.328. The number of likely N-dealkylation sites (tertiary alicyclic amines) is 2. The SMILES string of the molecule is NCC1CCCN(CC(=O)N2CCCCCC2)C1. The third-order valence-electron chi connectivity index (χ3n) is 4.25. The first-order chi connectivity index (χ1) is 8.79. The molecule has 4 nitrogen and oxygen atoms in total. The van der Waals surface area contributed by atoms with Crippen LogP contribution in [-0.4, -0.2) is 55.0 Å². The molecule has 2 heterocycles. The van der Waals surface area contributed by atoms with Crippen molar-refractivity contribution in [2.75, 3.05) is 39.3 Å². The minimum Gasteiger partial charge on any atom is -0.342 e. The summed E-state index contributed by atoms with van der Waals surface area (Å²) in [4.78, 5) is 16.6. The van der Waals surface area contributed by atoms with Gasteiger partial charge in [-0.05, 0) is 44.7 Å². The average molecular weight is 253 g/mol. The van der Waals surface area contributed by atoms with Gasteiger partial charge < -0.3 is 10.6 Å². The van der Waals surface area contributed by atoms with Crippen LogP contribution in [0.2, 0.25) is 0 Å². The Kier molecular flexibility index (Phi) is 5.45. The predicted octanol–water partition coefficient (Wildman–Crippen LogP) is 1.06. The number of hydrogen-bond donors (Lipinski definition) is 1. The fourth-order valence-electron chi connectivity index (χ4n) is 3.10. The Morgan fingerprint density at radius 3 is 2.44 bits per heavy atom. The zero-order valence-corrected chi connectivity index (χ0v) is 11.4. The predicted molar refractivity (Wildman–Crippen MR) is 73.3 cm³/mol. The maximum absolute atomic E-state index is 12.3. The van der Waals surface area contributed by atoms with Gasteiger partial charge in [-0.15, -0.1) is 0 Å². The van der Waals surface area contributed by atoms with Gasteiger partial charge in [-0.2, -0.15) is 0 Å². The van der Waals surface area contributed by atoms with Gasteiger partial charge in [0.2, 0.25) is 5.91 Å². The molecule has 0 radical (unpaired) electrons. The van der Waals surface area contributed by atoms with Gasteiger partial charge in [0.25, 0.3) is 0 Å². The summed E-state index contributed by atoms with van der Waals surface area (Å²) in [5.74, 6) is 0.922. The number of carbonyl (C=O) groups is 1. The number of carbonyl (C=O) groups excluding carboxylic acids is 1. The molecule has 2 N–H and O–H groups in total. The Balaban J connectivity index is 1.78. The van der Waals surface area contributed by atoms with Gasteiger partial charge in [0.05, 0.1) is 6.54 Å². The number of amides is 1. The van der Waals surface area contributed by atoms with E-state index in [0.29, 0.717) is 18.4 Å². The van der Waals surface area contributed by atoms with E-state index in [4.69, 9.17) is 5.73 Å². The molecule has 0 saturated carbocycles. The highest BCUT2D eigenvalue weighted by molar-refractivity contribution is 5.78. The van der Waals surface area contributed by atoms with Crippen LogP contribution in [0.5, 0.6) is 0 Å². The maximum atomic E-state index is 12.3. The monoisotopic (exact) mass is 253 g/mol. The van der Waals surface area contributed by atoms with Gasteiger partial charge in [-0.25, -0.2) is 0 Å². The smallest absolute Gasteiger partial charge is 0.236 e. The molecule has 2 aliphatic rings. The van der Waals surface area contributed by atoms with E-state index < -0.39 is 0 Å². The molecule has 2 aliphatic heterocycles. The van der Waals surface area contributed by atoms with Crippen molar-refractivity contribution < 1.29 is 4.79 Å². The fraction of sp³-hybridized carbons (Fsp3) is 0.929. The molecule has 1 amide bonds. The lowest BCUT2D eigenvalue weighted by Crippen LogP contribution is -2.45. The van der Waals surface area contributed by atoms with Crippen molar-refractivity contribution in [3.05, 3.63) is 0 Å². The van der Waals surface area contributed by atoms with Crippen LogP contribution in [0.15, 0.2) is 0 Å². The number of hydrogen-bond acceptors (Lipinski definition) is 3. The van der Waals surface area contributed by atoms with Crippen LogP contribution in [0.1, 0.15) is 38.5 Å². The van der Waals surface area contributed by atoms with E-state index in [1.165, 1.54) is 38.5 Å². The van der Waals surface area contributed by atoms with Crippen LogP contribution in [0.25, 0.3) is 0 Å². The van der Waals surface area contributed by atoms with Crippen molar-refractivity contribution in [2.45, 2.75) is 38.5 Å². The standard InChI is InChI=1S/C14H27N3O/c15-10-13-6-5-7-16(11-13)12-14(18)17-8-3-1-2-4-9-17/h13H,1-12,15H2. The molecule has 18 heavy (non-hydrogen) atoms. The van der Waals surface area contributed by atoms with E-state index in [2.05, 4.69) is 9.80 Å². The van der Waals surface area contributed by atoms with Crippen molar-refractivity contribution in [2.24, 2.45) is 11.7 Å². The van der Waals surface area contributed by atoms with Gasteiger partial charge in [-0.3, -0.25) is 9.69 Å². The Hall–Kier alpha value is -0.610. The molecule has 4 heteroatoms. The number of nitrogens with zero attached hydrogens (tertiary/aromatic N) is 2. The van der Waals surface area contributed by atoms with Gasteiger partial charge in [0.1, 0.15) is 0 Å². The molecule has 2 rings (SSSR count). The van der Waals surface area contributed by atoms with Gasteiger partial charge >= 0.3 is 0 Å². The Labute approximate surface area is 110 Å². The largest absolute Gasteiger partial charge is 0.342 e. The molecule has 2 fully saturated rings. The molecule has 0 aromatic rings. The normalized spacial score (nSPS) is 26.9. The molecule has 0 aromatic carbocycles. The first-order valence-corrected chi connectivity index (χ1v) is 7.50. The first-order valence-electron chi connectivity index (χ1n) is 7.50. The Morgan fingerprint density at radius 1 is 1.06 bits per heavy atom. The van der Waals surface area contributed by atoms with Crippen LogP contribution in [0.3, 0.4) is 0 Å². The topological polar surface area (TPSA) is 49.6 Å². The molecule has 0 bridgehead atoms. The Morgan fingerprint density at radius 2 is 1.78 bits per heavy atom. The van der Waals surface area contributed by atoms with E-state index in [9.17, 15) is 4.79 Å². The van der Waals surface area contributed by atoms with E-state index >= 15 is 0 Å². The van der Waals surface area contributed by atoms with Crippen molar-refractivity contribution in [3.8, 4) is 0 Å². The van der Waals surface area contributed by atoms with Crippen molar-refractivity contribution in [1.29, 1.82) is 0 Å². The average Bonchev–Trinajstić information content (AvgIpc) is 2.68. The van der Waals surface area contributed by atoms with E-state index in [0.717, 1.165) is 32.7 Å². The highest BCUT2D eigenvalue weighted by atomic mass is 16.2. The molecule has 0 aliphatic carbocycles. The zero-order chi connectivity index (χ0) is 12.8. The third-order valence-corrected chi connectivity index (χ3v) is 4.25. The van der Waals surface area contributed by atoms with Crippen LogP contribution in [-0.2, 0) is 4.79 Å². The van der Waals surface area contributed by atoms with Crippen LogP contribution in [0.4, 0.5) is 0 Å². The summed E-state index contributed by atoms with van der Waals surface area (Å²) >= 11 is 0. The summed E-state index contributed by atoms with van der Waals surface area (Å²) in [6.45, 7) is 5.37. The quantitative estimate of drug-likeness (QED) is 0.818.